The van der Waals surface area contributed by atoms with Crippen molar-refractivity contribution >= 4 is 11.8 Å². The van der Waals surface area contributed by atoms with Crippen LogP contribution in [0.25, 0.3) is 11.3 Å². The standard InChI is InChI=1S/C15H16N4O2/c20-15(21)13-10-19(9-8-16-13)14-7-6-12(17-18-14)11-4-2-1-3-5-11/h1-7,13,16H,8-10H2,(H,20,21)/t13-/m1/s1. The van der Waals surface area contributed by atoms with Crippen molar-refractivity contribution in [3.63, 3.8) is 0 Å². The minimum Gasteiger partial charge on any atom is -0.480 e. The lowest BCUT2D eigenvalue weighted by Crippen LogP contribution is -2.54. The highest BCUT2D eigenvalue weighted by Gasteiger charge is 2.25. The number of nitrogens with zero attached hydrogens (tertiary/aromatic N) is 3. The zero-order chi connectivity index (χ0) is 14.7. The Morgan fingerprint density at radius 2 is 2.00 bits per heavy atom. The van der Waals surface area contributed by atoms with Crippen LogP contribution in [0, 0.1) is 0 Å². The second kappa shape index (κ2) is 5.88. The number of rotatable bonds is 3. The molecule has 0 amide bonds. The molecule has 1 fully saturated rings. The van der Waals surface area contributed by atoms with Crippen LogP contribution in [0.2, 0.25) is 0 Å². The van der Waals surface area contributed by atoms with Crippen molar-refractivity contribution in [1.82, 2.24) is 15.5 Å². The van der Waals surface area contributed by atoms with Crippen LogP contribution in [0.4, 0.5) is 5.82 Å². The van der Waals surface area contributed by atoms with Gasteiger partial charge in [0.15, 0.2) is 5.82 Å². The van der Waals surface area contributed by atoms with Crippen molar-refractivity contribution in [1.29, 1.82) is 0 Å². The fraction of sp³-hybridized carbons (Fsp3) is 0.267. The number of benzene rings is 1. The minimum absolute atomic E-state index is 0.398. The van der Waals surface area contributed by atoms with Gasteiger partial charge in [-0.05, 0) is 12.1 Å². The number of carboxylic acids is 1. The number of aliphatic carboxylic acids is 1. The topological polar surface area (TPSA) is 78.3 Å². The fourth-order valence-corrected chi connectivity index (χ4v) is 2.38. The van der Waals surface area contributed by atoms with Crippen LogP contribution in [0.3, 0.4) is 0 Å². The number of hydrogen-bond donors (Lipinski definition) is 2. The molecule has 3 rings (SSSR count). The Hall–Kier alpha value is -2.47. The van der Waals surface area contributed by atoms with Gasteiger partial charge in [0.2, 0.25) is 0 Å². The van der Waals surface area contributed by atoms with Gasteiger partial charge in [0.05, 0.1) is 5.69 Å². The van der Waals surface area contributed by atoms with Crippen LogP contribution in [0.1, 0.15) is 0 Å². The normalized spacial score (nSPS) is 18.5. The predicted molar refractivity (Wildman–Crippen MR) is 79.1 cm³/mol. The molecule has 6 heteroatoms. The van der Waals surface area contributed by atoms with Crippen LogP contribution in [0.5, 0.6) is 0 Å². The van der Waals surface area contributed by atoms with Crippen molar-refractivity contribution in [3.05, 3.63) is 42.5 Å². The molecule has 108 valence electrons. The molecule has 21 heavy (non-hydrogen) atoms. The van der Waals surface area contributed by atoms with Gasteiger partial charge in [0.25, 0.3) is 0 Å². The summed E-state index contributed by atoms with van der Waals surface area (Å²) in [5, 5.41) is 20.5. The van der Waals surface area contributed by atoms with Gasteiger partial charge in [0.1, 0.15) is 6.04 Å². The molecule has 0 spiro atoms. The Bertz CT molecular complexity index is 615. The highest BCUT2D eigenvalue weighted by Crippen LogP contribution is 2.18. The first-order valence-electron chi connectivity index (χ1n) is 6.84. The van der Waals surface area contributed by atoms with Crippen LogP contribution < -0.4 is 10.2 Å². The van der Waals surface area contributed by atoms with Crippen LogP contribution in [-0.4, -0.2) is 46.9 Å². The predicted octanol–water partition coefficient (Wildman–Crippen LogP) is 1.01. The van der Waals surface area contributed by atoms with Gasteiger partial charge in [-0.3, -0.25) is 4.79 Å². The monoisotopic (exact) mass is 284 g/mol. The average Bonchev–Trinajstić information content (AvgIpc) is 2.56. The summed E-state index contributed by atoms with van der Waals surface area (Å²) in [6.07, 6.45) is 0. The largest absolute Gasteiger partial charge is 0.480 e. The zero-order valence-electron chi connectivity index (χ0n) is 11.4. The van der Waals surface area contributed by atoms with Gasteiger partial charge in [0, 0.05) is 25.2 Å². The number of piperazine rings is 1. The molecule has 2 heterocycles. The molecule has 6 nitrogen and oxygen atoms in total. The van der Waals surface area contributed by atoms with Crippen molar-refractivity contribution < 1.29 is 9.90 Å². The maximum Gasteiger partial charge on any atom is 0.322 e. The maximum absolute atomic E-state index is 11.0. The van der Waals surface area contributed by atoms with E-state index >= 15 is 0 Å². The van der Waals surface area contributed by atoms with Crippen molar-refractivity contribution in [2.24, 2.45) is 0 Å². The van der Waals surface area contributed by atoms with Gasteiger partial charge >= 0.3 is 5.97 Å². The van der Waals surface area contributed by atoms with E-state index in [1.165, 1.54) is 0 Å². The summed E-state index contributed by atoms with van der Waals surface area (Å²) in [6.45, 7) is 1.75. The number of carbonyl (C=O) groups is 1. The van der Waals surface area contributed by atoms with E-state index in [-0.39, 0.29) is 0 Å². The minimum atomic E-state index is -0.839. The van der Waals surface area contributed by atoms with E-state index in [2.05, 4.69) is 15.5 Å². The van der Waals surface area contributed by atoms with Crippen molar-refractivity contribution in [3.8, 4) is 11.3 Å². The number of anilines is 1. The lowest BCUT2D eigenvalue weighted by Gasteiger charge is -2.32. The summed E-state index contributed by atoms with van der Waals surface area (Å²) < 4.78 is 0. The second-order valence-corrected chi connectivity index (χ2v) is 4.93. The molecule has 0 aliphatic carbocycles. The summed E-state index contributed by atoms with van der Waals surface area (Å²) in [5.74, 6) is -0.129. The maximum atomic E-state index is 11.0. The lowest BCUT2D eigenvalue weighted by atomic mass is 10.1. The van der Waals surface area contributed by atoms with Gasteiger partial charge in [-0.2, -0.15) is 0 Å². The van der Waals surface area contributed by atoms with E-state index in [1.807, 2.05) is 47.4 Å². The molecule has 2 N–H and O–H groups in total. The summed E-state index contributed by atoms with van der Waals surface area (Å²) in [5.41, 5.74) is 1.82. The Morgan fingerprint density at radius 1 is 1.19 bits per heavy atom. The number of carboxylic acid groups (broad SMARTS) is 1. The molecule has 0 saturated carbocycles. The van der Waals surface area contributed by atoms with E-state index < -0.39 is 12.0 Å². The van der Waals surface area contributed by atoms with Gasteiger partial charge in [-0.1, -0.05) is 30.3 Å². The molecule has 1 aromatic carbocycles. The molecular weight excluding hydrogens is 268 g/mol. The molecule has 0 bridgehead atoms. The van der Waals surface area contributed by atoms with E-state index in [0.717, 1.165) is 17.8 Å². The van der Waals surface area contributed by atoms with Crippen molar-refractivity contribution in [2.75, 3.05) is 24.5 Å². The lowest BCUT2D eigenvalue weighted by molar-refractivity contribution is -0.139. The number of aromatic nitrogens is 2. The second-order valence-electron chi connectivity index (χ2n) is 4.93. The molecule has 2 aromatic rings. The quantitative estimate of drug-likeness (QED) is 0.875. The van der Waals surface area contributed by atoms with E-state index in [4.69, 9.17) is 5.11 Å². The number of nitrogens with one attached hydrogen (secondary N) is 1. The fourth-order valence-electron chi connectivity index (χ4n) is 2.38. The third-order valence-corrected chi connectivity index (χ3v) is 3.52. The summed E-state index contributed by atoms with van der Waals surface area (Å²) in [7, 11) is 0. The Labute approximate surface area is 122 Å². The first-order valence-corrected chi connectivity index (χ1v) is 6.84. The third kappa shape index (κ3) is 3.00. The van der Waals surface area contributed by atoms with Crippen LogP contribution in [0.15, 0.2) is 42.5 Å². The summed E-state index contributed by atoms with van der Waals surface area (Å²) in [6, 6.07) is 13.1. The molecule has 1 aliphatic rings. The van der Waals surface area contributed by atoms with E-state index in [1.54, 1.807) is 0 Å². The first-order chi connectivity index (χ1) is 10.2. The zero-order valence-corrected chi connectivity index (χ0v) is 11.4. The van der Waals surface area contributed by atoms with Crippen molar-refractivity contribution in [2.45, 2.75) is 6.04 Å². The molecular formula is C15H16N4O2. The highest BCUT2D eigenvalue weighted by atomic mass is 16.4. The molecule has 1 aromatic heterocycles. The van der Waals surface area contributed by atoms with E-state index in [9.17, 15) is 4.79 Å². The average molecular weight is 284 g/mol. The van der Waals surface area contributed by atoms with Crippen LogP contribution >= 0.6 is 0 Å². The smallest absolute Gasteiger partial charge is 0.322 e. The highest BCUT2D eigenvalue weighted by molar-refractivity contribution is 5.74. The summed E-state index contributed by atoms with van der Waals surface area (Å²) in [4.78, 5) is 13.0. The van der Waals surface area contributed by atoms with Gasteiger partial charge in [-0.15, -0.1) is 10.2 Å². The first kappa shape index (κ1) is 13.5. The SMILES string of the molecule is O=C(O)[C@H]1CN(c2ccc(-c3ccccc3)nn2)CCN1. The molecule has 0 radical (unpaired) electrons. The van der Waals surface area contributed by atoms with Gasteiger partial charge in [-0.25, -0.2) is 0 Å². The summed E-state index contributed by atoms with van der Waals surface area (Å²) >= 11 is 0. The Kier molecular flexibility index (Phi) is 3.79. The van der Waals surface area contributed by atoms with E-state index in [0.29, 0.717) is 18.9 Å². The Balaban J connectivity index is 1.76. The number of hydrogen-bond acceptors (Lipinski definition) is 5. The third-order valence-electron chi connectivity index (χ3n) is 3.52. The van der Waals surface area contributed by atoms with Gasteiger partial charge < -0.3 is 15.3 Å². The molecule has 0 unspecified atom stereocenters. The molecule has 1 saturated heterocycles. The molecule has 1 aliphatic heterocycles. The van der Waals surface area contributed by atoms with Crippen LogP contribution in [-0.2, 0) is 4.79 Å². The molecule has 1 atom stereocenters. The Morgan fingerprint density at radius 3 is 2.67 bits per heavy atom.